The number of benzene rings is 2. The first-order valence-corrected chi connectivity index (χ1v) is 9.93. The number of halogens is 1. The summed E-state index contributed by atoms with van der Waals surface area (Å²) in [6.07, 6.45) is 3.27. The Morgan fingerprint density at radius 2 is 1.83 bits per heavy atom. The van der Waals surface area contributed by atoms with Crippen molar-refractivity contribution in [3.63, 3.8) is 0 Å². The van der Waals surface area contributed by atoms with Gasteiger partial charge in [-0.05, 0) is 70.6 Å². The number of hydrogen-bond acceptors (Lipinski definition) is 5. The normalized spacial score (nSPS) is 14.4. The van der Waals surface area contributed by atoms with Crippen molar-refractivity contribution < 1.29 is 14.7 Å². The Bertz CT molecular complexity index is 1140. The van der Waals surface area contributed by atoms with Crippen LogP contribution in [-0.4, -0.2) is 21.9 Å². The topological polar surface area (TPSA) is 91.3 Å². The fourth-order valence-corrected chi connectivity index (χ4v) is 3.63. The molecule has 1 aromatic heterocycles. The number of phenolic OH excluding ortho intramolecular Hbond substituents is 1. The zero-order valence-corrected chi connectivity index (χ0v) is 17.3. The quantitative estimate of drug-likeness (QED) is 0.292. The summed E-state index contributed by atoms with van der Waals surface area (Å²) in [5, 5.41) is 15.8. The number of carbonyl (C=O) groups excluding carboxylic acids is 2. The van der Waals surface area contributed by atoms with E-state index in [-0.39, 0.29) is 5.75 Å². The maximum absolute atomic E-state index is 12.3. The Balaban J connectivity index is 1.54. The molecule has 2 amide bonds. The van der Waals surface area contributed by atoms with E-state index in [9.17, 15) is 14.7 Å². The number of imide groups is 1. The maximum Gasteiger partial charge on any atom is 0.260 e. The molecule has 4 rings (SSSR count). The summed E-state index contributed by atoms with van der Waals surface area (Å²) in [7, 11) is 0. The van der Waals surface area contributed by atoms with Gasteiger partial charge >= 0.3 is 0 Å². The highest BCUT2D eigenvalue weighted by molar-refractivity contribution is 14.1. The van der Waals surface area contributed by atoms with Crippen LogP contribution in [0.2, 0.25) is 0 Å². The number of pyridine rings is 1. The Labute approximate surface area is 180 Å². The van der Waals surface area contributed by atoms with E-state index in [0.29, 0.717) is 34.5 Å². The molecule has 6 nitrogen and oxygen atoms in total. The van der Waals surface area contributed by atoms with Gasteiger partial charge < -0.3 is 10.4 Å². The molecule has 0 radical (unpaired) electrons. The third-order valence-corrected chi connectivity index (χ3v) is 5.21. The number of fused-ring (bicyclic) bond motifs is 1. The van der Waals surface area contributed by atoms with Crippen molar-refractivity contribution in [3.05, 3.63) is 87.3 Å². The van der Waals surface area contributed by atoms with Crippen molar-refractivity contribution in [2.24, 2.45) is 0 Å². The zero-order chi connectivity index (χ0) is 20.4. The molecular formula is C22H16IN3O3. The largest absolute Gasteiger partial charge is 0.507 e. The molecule has 0 unspecified atom stereocenters. The summed E-state index contributed by atoms with van der Waals surface area (Å²) < 4.78 is 0.935. The van der Waals surface area contributed by atoms with Crippen LogP contribution >= 0.6 is 22.6 Å². The van der Waals surface area contributed by atoms with Crippen molar-refractivity contribution in [1.82, 2.24) is 15.6 Å². The average Bonchev–Trinajstić information content (AvgIpc) is 2.71. The molecule has 3 aromatic rings. The van der Waals surface area contributed by atoms with Gasteiger partial charge in [0.1, 0.15) is 5.75 Å². The number of carbonyl (C=O) groups is 2. The highest BCUT2D eigenvalue weighted by atomic mass is 127. The van der Waals surface area contributed by atoms with E-state index in [0.717, 1.165) is 9.13 Å². The Morgan fingerprint density at radius 1 is 1.00 bits per heavy atom. The van der Waals surface area contributed by atoms with Crippen LogP contribution in [-0.2, 0) is 11.3 Å². The molecule has 3 N–H and O–H groups in total. The van der Waals surface area contributed by atoms with E-state index in [4.69, 9.17) is 0 Å². The fourth-order valence-electron chi connectivity index (χ4n) is 3.14. The maximum atomic E-state index is 12.3. The number of nitrogens with one attached hydrogen (secondary N) is 2. The molecular weight excluding hydrogens is 481 g/mol. The van der Waals surface area contributed by atoms with Crippen molar-refractivity contribution in [2.45, 2.75) is 6.54 Å². The molecule has 2 aromatic carbocycles. The second-order valence-electron chi connectivity index (χ2n) is 6.48. The molecule has 0 aliphatic carbocycles. The van der Waals surface area contributed by atoms with Crippen LogP contribution in [0.1, 0.15) is 21.5 Å². The first-order chi connectivity index (χ1) is 14.0. The fraction of sp³-hybridized carbons (Fsp3) is 0.0455. The number of amides is 2. The van der Waals surface area contributed by atoms with Gasteiger partial charge in [-0.1, -0.05) is 12.1 Å². The number of aromatic hydroxyl groups is 1. The second-order valence-corrected chi connectivity index (χ2v) is 7.72. The molecule has 0 atom stereocenters. The van der Waals surface area contributed by atoms with Gasteiger partial charge in [0.2, 0.25) is 0 Å². The van der Waals surface area contributed by atoms with E-state index >= 15 is 0 Å². The Morgan fingerprint density at radius 3 is 2.59 bits per heavy atom. The Kier molecular flexibility index (Phi) is 5.30. The van der Waals surface area contributed by atoms with Crippen LogP contribution in [0.25, 0.3) is 16.8 Å². The van der Waals surface area contributed by atoms with Gasteiger partial charge in [-0.25, -0.2) is 0 Å². The van der Waals surface area contributed by atoms with Crippen LogP contribution in [0, 0.1) is 3.57 Å². The third kappa shape index (κ3) is 4.00. The van der Waals surface area contributed by atoms with Crippen LogP contribution in [0.15, 0.2) is 67.0 Å². The number of phenols is 1. The van der Waals surface area contributed by atoms with Crippen molar-refractivity contribution in [1.29, 1.82) is 0 Å². The van der Waals surface area contributed by atoms with E-state index in [1.807, 2.05) is 42.5 Å². The monoisotopic (exact) mass is 497 g/mol. The van der Waals surface area contributed by atoms with Crippen LogP contribution in [0.4, 0.5) is 0 Å². The molecule has 0 spiro atoms. The first kappa shape index (κ1) is 19.1. The smallest absolute Gasteiger partial charge is 0.260 e. The molecule has 7 heteroatoms. The van der Waals surface area contributed by atoms with E-state index in [1.165, 1.54) is 0 Å². The van der Waals surface area contributed by atoms with Gasteiger partial charge in [0.05, 0.1) is 11.3 Å². The van der Waals surface area contributed by atoms with E-state index < -0.39 is 11.8 Å². The van der Waals surface area contributed by atoms with E-state index in [1.54, 1.807) is 24.5 Å². The summed E-state index contributed by atoms with van der Waals surface area (Å²) in [4.78, 5) is 28.6. The van der Waals surface area contributed by atoms with Crippen LogP contribution in [0.3, 0.4) is 0 Å². The number of rotatable bonds is 4. The SMILES string of the molecule is O=C1NC(=O)c2ccc(I)cc2/C1=C/NCc1ccc(-c2ccccn2)c(O)c1. The molecule has 0 fully saturated rings. The van der Waals surface area contributed by atoms with Crippen molar-refractivity contribution in [2.75, 3.05) is 0 Å². The molecule has 1 aliphatic rings. The summed E-state index contributed by atoms with van der Waals surface area (Å²) in [6.45, 7) is 0.403. The lowest BCUT2D eigenvalue weighted by Crippen LogP contribution is -2.37. The number of hydrogen-bond donors (Lipinski definition) is 3. The van der Waals surface area contributed by atoms with Crippen molar-refractivity contribution >= 4 is 40.0 Å². The van der Waals surface area contributed by atoms with Crippen molar-refractivity contribution in [3.8, 4) is 17.0 Å². The Hall–Kier alpha value is -3.20. The predicted molar refractivity (Wildman–Crippen MR) is 118 cm³/mol. The van der Waals surface area contributed by atoms with Crippen LogP contribution in [0.5, 0.6) is 5.75 Å². The number of aromatic nitrogens is 1. The van der Waals surface area contributed by atoms with Crippen LogP contribution < -0.4 is 10.6 Å². The highest BCUT2D eigenvalue weighted by Gasteiger charge is 2.27. The summed E-state index contributed by atoms with van der Waals surface area (Å²) in [5.41, 5.74) is 3.66. The average molecular weight is 497 g/mol. The lowest BCUT2D eigenvalue weighted by atomic mass is 9.95. The van der Waals surface area contributed by atoms with E-state index in [2.05, 4.69) is 38.2 Å². The van der Waals surface area contributed by atoms with Gasteiger partial charge in [-0.2, -0.15) is 0 Å². The molecule has 29 heavy (non-hydrogen) atoms. The predicted octanol–water partition coefficient (Wildman–Crippen LogP) is 3.46. The summed E-state index contributed by atoms with van der Waals surface area (Å²) in [6, 6.07) is 16.2. The molecule has 2 heterocycles. The van der Waals surface area contributed by atoms with Gasteiger partial charge in [-0.3, -0.25) is 19.9 Å². The minimum Gasteiger partial charge on any atom is -0.507 e. The summed E-state index contributed by atoms with van der Waals surface area (Å²) >= 11 is 2.14. The highest BCUT2D eigenvalue weighted by Crippen LogP contribution is 2.29. The van der Waals surface area contributed by atoms with Gasteiger partial charge in [0.25, 0.3) is 11.8 Å². The first-order valence-electron chi connectivity index (χ1n) is 8.85. The lowest BCUT2D eigenvalue weighted by Gasteiger charge is -2.18. The standard InChI is InChI=1S/C22H16IN3O3/c23-14-5-7-15-17(10-14)18(22(29)26-21(15)28)12-24-11-13-4-6-16(20(27)9-13)19-3-1-2-8-25-19/h1-10,12,24,27H,11H2,(H,26,28,29)/b18-12-. The molecule has 0 saturated heterocycles. The van der Waals surface area contributed by atoms with Gasteiger partial charge in [0, 0.05) is 39.2 Å². The zero-order valence-electron chi connectivity index (χ0n) is 15.1. The van der Waals surface area contributed by atoms with Gasteiger partial charge in [0.15, 0.2) is 0 Å². The lowest BCUT2D eigenvalue weighted by molar-refractivity contribution is -0.114. The number of nitrogens with zero attached hydrogens (tertiary/aromatic N) is 1. The molecule has 0 saturated carbocycles. The molecule has 144 valence electrons. The minimum absolute atomic E-state index is 0.136. The minimum atomic E-state index is -0.439. The van der Waals surface area contributed by atoms with Gasteiger partial charge in [-0.15, -0.1) is 0 Å². The molecule has 1 aliphatic heterocycles. The summed E-state index contributed by atoms with van der Waals surface area (Å²) in [5.74, 6) is -0.699. The third-order valence-electron chi connectivity index (χ3n) is 4.54. The second kappa shape index (κ2) is 8.04. The molecule has 0 bridgehead atoms.